The third-order valence-corrected chi connectivity index (χ3v) is 21.3. The van der Waals surface area contributed by atoms with Gasteiger partial charge in [-0.2, -0.15) is 0 Å². The van der Waals surface area contributed by atoms with Crippen LogP contribution in [-0.4, -0.2) is 0 Å². The van der Waals surface area contributed by atoms with E-state index in [1.165, 1.54) is 136 Å². The molecule has 0 radical (unpaired) electrons. The second-order valence-corrected chi connectivity index (χ2v) is 26.3. The van der Waals surface area contributed by atoms with Gasteiger partial charge in [0.1, 0.15) is 0 Å². The molecule has 1 heteroatoms. The van der Waals surface area contributed by atoms with Gasteiger partial charge >= 0.3 is 0 Å². The van der Waals surface area contributed by atoms with Gasteiger partial charge in [-0.3, -0.25) is 0 Å². The molecule has 0 aromatic heterocycles. The molecule has 0 aliphatic heterocycles. The van der Waals surface area contributed by atoms with Crippen LogP contribution in [0.25, 0.3) is 66.4 Å². The molecular weight excluding hydrogens is 927 g/mol. The first-order valence-corrected chi connectivity index (χ1v) is 28.7. The largest absolute Gasteiger partial charge is 0.310 e. The minimum absolute atomic E-state index is 0.0308. The fraction of sp³-hybridized carbons (Fsp3) is 0.237. The van der Waals surface area contributed by atoms with Crippen LogP contribution in [0.5, 0.6) is 0 Å². The second-order valence-electron chi connectivity index (χ2n) is 26.3. The first kappa shape index (κ1) is 44.4. The first-order valence-electron chi connectivity index (χ1n) is 28.7. The number of nitrogens with zero attached hydrogens (tertiary/aromatic N) is 1. The summed E-state index contributed by atoms with van der Waals surface area (Å²) in [5.41, 5.74) is 28.3. The van der Waals surface area contributed by atoms with Crippen molar-refractivity contribution in [3.63, 3.8) is 0 Å². The van der Waals surface area contributed by atoms with Gasteiger partial charge < -0.3 is 4.90 Å². The molecule has 7 aliphatic rings. The summed E-state index contributed by atoms with van der Waals surface area (Å²) in [6.07, 6.45) is 4.23. The van der Waals surface area contributed by atoms with E-state index in [1.54, 1.807) is 11.1 Å². The Morgan fingerprint density at radius 2 is 0.831 bits per heavy atom. The van der Waals surface area contributed by atoms with Crippen LogP contribution in [0.3, 0.4) is 0 Å². The number of hydrogen-bond donors (Lipinski definition) is 0. The smallest absolute Gasteiger partial charge is 0.0726 e. The summed E-state index contributed by atoms with van der Waals surface area (Å²) in [5, 5.41) is 2.53. The SMILES string of the molecule is CC(C)(C)c1ccc2c(c1)C1(c3ccccc3-c3ccc(N(c4ccc5c(c4)C4(c6ccccc6-5)C5CC6CC7CC4C675)c4ccccc4-c4cccc5cccc(-c6ccccc6)c45)cc31)c1cc(C(C)(C)C)ccc1-2. The van der Waals surface area contributed by atoms with Crippen LogP contribution in [0, 0.1) is 29.1 Å². The van der Waals surface area contributed by atoms with Gasteiger partial charge in [-0.15, -0.1) is 0 Å². The van der Waals surface area contributed by atoms with Gasteiger partial charge in [-0.1, -0.05) is 224 Å². The molecule has 17 rings (SSSR count). The lowest BCUT2D eigenvalue weighted by Gasteiger charge is -2.92. The van der Waals surface area contributed by atoms with Crippen LogP contribution >= 0.6 is 0 Å². The standard InChI is InChI=1S/C76H63N/c1-72(2,3)47-30-34-56-57-35-31-48(73(4,5)6)40-65(57)75(64(56)39-47)62-27-13-10-22-54(62)58-36-32-51(43-66(58)75)77(68-29-15-12-24-60(68)61-26-17-21-46-20-16-25-53(71(46)61)45-18-8-7-9-19-45)52-33-37-59-55-23-11-14-28-63(55)76(67(59)44-52)69-41-49-38-50-42-70(76)74(49,50)69/h7-37,39-40,43-44,49-50,69-70H,38,41-42H2,1-6H3. The molecule has 372 valence electrons. The molecule has 0 saturated heterocycles. The quantitative estimate of drug-likeness (QED) is 0.166. The van der Waals surface area contributed by atoms with E-state index in [0.717, 1.165) is 23.7 Å². The fourth-order valence-corrected chi connectivity index (χ4v) is 18.1. The van der Waals surface area contributed by atoms with Crippen molar-refractivity contribution in [1.29, 1.82) is 0 Å². The summed E-state index contributed by atoms with van der Waals surface area (Å²) in [6, 6.07) is 83.1. The molecule has 4 fully saturated rings. The first-order chi connectivity index (χ1) is 37.4. The zero-order valence-electron chi connectivity index (χ0n) is 45.1. The Balaban J connectivity index is 0.947. The van der Waals surface area contributed by atoms with Crippen molar-refractivity contribution in [3.05, 3.63) is 257 Å². The molecule has 4 atom stereocenters. The summed E-state index contributed by atoms with van der Waals surface area (Å²) in [7, 11) is 0. The summed E-state index contributed by atoms with van der Waals surface area (Å²) in [4.78, 5) is 2.67. The van der Waals surface area contributed by atoms with Gasteiger partial charge in [0.25, 0.3) is 0 Å². The Morgan fingerprint density at radius 1 is 0.364 bits per heavy atom. The average Bonchev–Trinajstić information content (AvgIpc) is 2.07. The molecule has 4 unspecified atom stereocenters. The van der Waals surface area contributed by atoms with E-state index >= 15 is 0 Å². The van der Waals surface area contributed by atoms with Gasteiger partial charge in [0.05, 0.1) is 11.1 Å². The molecule has 0 heterocycles. The maximum atomic E-state index is 2.69. The van der Waals surface area contributed by atoms with Gasteiger partial charge in [0.15, 0.2) is 0 Å². The summed E-state index contributed by atoms with van der Waals surface area (Å²) in [6.45, 7) is 14.2. The van der Waals surface area contributed by atoms with Crippen LogP contribution in [0.15, 0.2) is 212 Å². The van der Waals surface area contributed by atoms with E-state index in [0.29, 0.717) is 5.41 Å². The molecule has 0 N–H and O–H groups in total. The summed E-state index contributed by atoms with van der Waals surface area (Å²) >= 11 is 0. The van der Waals surface area contributed by atoms with Gasteiger partial charge in [-0.05, 0) is 195 Å². The predicted molar refractivity (Wildman–Crippen MR) is 320 cm³/mol. The zero-order valence-corrected chi connectivity index (χ0v) is 45.1. The Kier molecular flexibility index (Phi) is 8.56. The highest BCUT2D eigenvalue weighted by atomic mass is 15.1. The van der Waals surface area contributed by atoms with Gasteiger partial charge in [-0.25, -0.2) is 0 Å². The monoisotopic (exact) mass is 989 g/mol. The Morgan fingerprint density at radius 3 is 1.44 bits per heavy atom. The third-order valence-electron chi connectivity index (χ3n) is 21.3. The topological polar surface area (TPSA) is 3.24 Å². The summed E-state index contributed by atoms with van der Waals surface area (Å²) in [5.74, 6) is 3.36. The molecule has 0 bridgehead atoms. The van der Waals surface area contributed by atoms with E-state index < -0.39 is 5.41 Å². The number of benzene rings is 10. The van der Waals surface area contributed by atoms with Crippen molar-refractivity contribution in [2.24, 2.45) is 29.1 Å². The maximum absolute atomic E-state index is 2.69. The zero-order chi connectivity index (χ0) is 51.5. The molecule has 1 nitrogen and oxygen atoms in total. The average molecular weight is 990 g/mol. The van der Waals surface area contributed by atoms with E-state index in [-0.39, 0.29) is 16.2 Å². The molecule has 77 heavy (non-hydrogen) atoms. The molecule has 7 aliphatic carbocycles. The van der Waals surface area contributed by atoms with Gasteiger partial charge in [0, 0.05) is 22.4 Å². The lowest BCUT2D eigenvalue weighted by molar-refractivity contribution is -0.412. The number of anilines is 3. The molecule has 10 aromatic carbocycles. The lowest BCUT2D eigenvalue weighted by atomic mass is 9.11. The fourth-order valence-electron chi connectivity index (χ4n) is 18.1. The minimum atomic E-state index is -0.533. The van der Waals surface area contributed by atoms with E-state index in [9.17, 15) is 0 Å². The van der Waals surface area contributed by atoms with Crippen molar-refractivity contribution in [2.75, 3.05) is 4.90 Å². The summed E-state index contributed by atoms with van der Waals surface area (Å²) < 4.78 is 0. The van der Waals surface area contributed by atoms with Crippen LogP contribution < -0.4 is 4.90 Å². The van der Waals surface area contributed by atoms with Crippen molar-refractivity contribution in [1.82, 2.24) is 0 Å². The Hall–Kier alpha value is -7.74. The maximum Gasteiger partial charge on any atom is 0.0726 e. The molecular formula is C76H63N. The lowest BCUT2D eigenvalue weighted by Crippen LogP contribution is -2.88. The van der Waals surface area contributed by atoms with E-state index in [2.05, 4.69) is 259 Å². The molecule has 4 saturated carbocycles. The Bertz CT molecular complexity index is 4120. The van der Waals surface area contributed by atoms with E-state index in [4.69, 9.17) is 0 Å². The van der Waals surface area contributed by atoms with Gasteiger partial charge in [0.2, 0.25) is 0 Å². The number of fused-ring (bicyclic) bond motifs is 18. The normalized spacial score (nSPS) is 23.5. The van der Waals surface area contributed by atoms with Crippen molar-refractivity contribution < 1.29 is 0 Å². The third kappa shape index (κ3) is 5.32. The van der Waals surface area contributed by atoms with Crippen molar-refractivity contribution >= 4 is 27.8 Å². The highest BCUT2D eigenvalue weighted by Gasteiger charge is 2.90. The van der Waals surface area contributed by atoms with Crippen molar-refractivity contribution in [3.8, 4) is 55.6 Å². The highest BCUT2D eigenvalue weighted by molar-refractivity contribution is 6.09. The van der Waals surface area contributed by atoms with Crippen LogP contribution in [0.1, 0.15) is 105 Å². The highest BCUT2D eigenvalue weighted by Crippen LogP contribution is 2.95. The minimum Gasteiger partial charge on any atom is -0.310 e. The second kappa shape index (κ2) is 14.8. The van der Waals surface area contributed by atoms with Crippen LogP contribution in [0.4, 0.5) is 17.1 Å². The number of para-hydroxylation sites is 1. The van der Waals surface area contributed by atoms with E-state index in [1.807, 2.05) is 0 Å². The van der Waals surface area contributed by atoms with Crippen LogP contribution in [0.2, 0.25) is 0 Å². The Labute approximate surface area is 454 Å². The number of hydrogen-bond acceptors (Lipinski definition) is 1. The predicted octanol–water partition coefficient (Wildman–Crippen LogP) is 19.5. The van der Waals surface area contributed by atoms with Crippen molar-refractivity contribution in [2.45, 2.75) is 82.5 Å². The van der Waals surface area contributed by atoms with Crippen LogP contribution in [-0.2, 0) is 21.7 Å². The molecule has 3 spiro atoms. The number of rotatable bonds is 5. The molecule has 10 aromatic rings. The molecule has 0 amide bonds.